The van der Waals surface area contributed by atoms with Crippen LogP contribution < -0.4 is 0 Å². The maximum atomic E-state index is 6.71. The predicted molar refractivity (Wildman–Crippen MR) is 42.0 cm³/mol. The molecule has 0 aliphatic carbocycles. The van der Waals surface area contributed by atoms with E-state index >= 15 is 0 Å². The summed E-state index contributed by atoms with van der Waals surface area (Å²) in [6.45, 7) is 9.39. The summed E-state index contributed by atoms with van der Waals surface area (Å²) < 4.78 is 0. The van der Waals surface area contributed by atoms with Gasteiger partial charge in [0, 0.05) is 31.1 Å². The Balaban J connectivity index is 0. The second-order valence-corrected chi connectivity index (χ2v) is 2.13. The minimum Gasteiger partial charge on any atom is -0.705 e. The first-order chi connectivity index (χ1) is 4.16. The zero-order valence-electron chi connectivity index (χ0n) is 6.28. The Hall–Kier alpha value is 0.0719. The molecule has 0 saturated heterocycles. The SMILES string of the molecule is C=C(C)CC(=C)/C=C\[NH-].[U]. The molecule has 1 N–H and O–H groups in total. The van der Waals surface area contributed by atoms with Gasteiger partial charge in [0.15, 0.2) is 0 Å². The topological polar surface area (TPSA) is 23.8 Å². The van der Waals surface area contributed by atoms with Gasteiger partial charge < -0.3 is 5.73 Å². The molecule has 0 atom stereocenters. The largest absolute Gasteiger partial charge is 0.705 e. The van der Waals surface area contributed by atoms with Gasteiger partial charge in [-0.15, -0.1) is 0 Å². The van der Waals surface area contributed by atoms with Crippen LogP contribution in [0.25, 0.3) is 5.73 Å². The summed E-state index contributed by atoms with van der Waals surface area (Å²) in [5.41, 5.74) is 8.73. The van der Waals surface area contributed by atoms with Gasteiger partial charge in [-0.3, -0.25) is 0 Å². The van der Waals surface area contributed by atoms with Crippen LogP contribution in [0.1, 0.15) is 13.3 Å². The number of hydrogen-bond acceptors (Lipinski definition) is 0. The Bertz CT molecular complexity index is 147. The van der Waals surface area contributed by atoms with Crippen molar-refractivity contribution in [1.29, 1.82) is 0 Å². The Morgan fingerprint density at radius 1 is 1.50 bits per heavy atom. The van der Waals surface area contributed by atoms with E-state index in [2.05, 4.69) is 13.2 Å². The monoisotopic (exact) mass is 360 g/mol. The fraction of sp³-hybridized carbons (Fsp3) is 0.250. The van der Waals surface area contributed by atoms with E-state index in [1.165, 1.54) is 6.20 Å². The fourth-order valence-corrected chi connectivity index (χ4v) is 0.564. The van der Waals surface area contributed by atoms with Crippen molar-refractivity contribution in [2.75, 3.05) is 0 Å². The third-order valence-corrected chi connectivity index (χ3v) is 0.848. The minimum atomic E-state index is 0. The number of allylic oxidation sites excluding steroid dienone is 3. The molecule has 54 valence electrons. The average molecular weight is 360 g/mol. The fourth-order valence-electron chi connectivity index (χ4n) is 0.564. The van der Waals surface area contributed by atoms with Crippen LogP contribution in [0.5, 0.6) is 0 Å². The molecular formula is C8H12NU-. The summed E-state index contributed by atoms with van der Waals surface area (Å²) in [6.07, 6.45) is 3.72. The molecule has 0 saturated carbocycles. The van der Waals surface area contributed by atoms with E-state index in [1.54, 1.807) is 6.08 Å². The van der Waals surface area contributed by atoms with Gasteiger partial charge in [0.25, 0.3) is 0 Å². The van der Waals surface area contributed by atoms with E-state index in [1.807, 2.05) is 6.92 Å². The van der Waals surface area contributed by atoms with Crippen molar-refractivity contribution in [1.82, 2.24) is 0 Å². The van der Waals surface area contributed by atoms with Gasteiger partial charge in [-0.05, 0) is 13.3 Å². The molecule has 0 unspecified atom stereocenters. The Labute approximate surface area is 86.4 Å². The van der Waals surface area contributed by atoms with Gasteiger partial charge in [-0.25, -0.2) is 0 Å². The summed E-state index contributed by atoms with van der Waals surface area (Å²) in [5, 5.41) is 0. The molecule has 0 fully saturated rings. The summed E-state index contributed by atoms with van der Waals surface area (Å²) >= 11 is 0. The molecule has 0 bridgehead atoms. The van der Waals surface area contributed by atoms with Crippen molar-refractivity contribution in [2.45, 2.75) is 13.3 Å². The molecule has 0 amide bonds. The predicted octanol–water partition coefficient (Wildman–Crippen LogP) is 3.07. The third kappa shape index (κ3) is 8.07. The Kier molecular flexibility index (Phi) is 9.14. The van der Waals surface area contributed by atoms with Crippen LogP contribution in [-0.4, -0.2) is 0 Å². The van der Waals surface area contributed by atoms with Crippen LogP contribution >= 0.6 is 0 Å². The molecule has 10 heavy (non-hydrogen) atoms. The van der Waals surface area contributed by atoms with Gasteiger partial charge in [0.2, 0.25) is 0 Å². The number of hydrogen-bond donors (Lipinski definition) is 0. The zero-order chi connectivity index (χ0) is 7.28. The molecule has 1 nitrogen and oxygen atoms in total. The van der Waals surface area contributed by atoms with E-state index in [4.69, 9.17) is 5.73 Å². The van der Waals surface area contributed by atoms with Crippen molar-refractivity contribution in [3.8, 4) is 0 Å². The second kappa shape index (κ2) is 7.18. The summed E-state index contributed by atoms with van der Waals surface area (Å²) in [6, 6.07) is 0. The zero-order valence-corrected chi connectivity index (χ0v) is 10.4. The van der Waals surface area contributed by atoms with E-state index in [9.17, 15) is 0 Å². The quantitative estimate of drug-likeness (QED) is 0.546. The molecule has 0 rings (SSSR count). The standard InChI is InChI=1S/C8H12N.U/c1-7(2)6-8(3)4-5-9;/h4-5,9H,1,3,6H2,2H3;/q-1;/b5-4-;. The minimum absolute atomic E-state index is 0. The number of nitrogens with one attached hydrogen (secondary N) is 1. The van der Waals surface area contributed by atoms with E-state index in [-0.39, 0.29) is 31.1 Å². The smallest absolute Gasteiger partial charge is 0 e. The Morgan fingerprint density at radius 3 is 2.30 bits per heavy atom. The molecule has 0 aromatic rings. The third-order valence-electron chi connectivity index (χ3n) is 0.848. The van der Waals surface area contributed by atoms with Crippen LogP contribution in [0.3, 0.4) is 0 Å². The van der Waals surface area contributed by atoms with Gasteiger partial charge in [0.1, 0.15) is 0 Å². The van der Waals surface area contributed by atoms with Crippen molar-refractivity contribution in [3.05, 3.63) is 42.3 Å². The average Bonchev–Trinajstić information content (AvgIpc) is 1.63. The van der Waals surface area contributed by atoms with E-state index < -0.39 is 0 Å². The molecule has 0 spiro atoms. The first kappa shape index (κ1) is 12.7. The van der Waals surface area contributed by atoms with Crippen LogP contribution in [-0.2, 0) is 0 Å². The molecular weight excluding hydrogens is 348 g/mol. The van der Waals surface area contributed by atoms with E-state index in [0.717, 1.165) is 17.6 Å². The molecule has 0 aromatic heterocycles. The summed E-state index contributed by atoms with van der Waals surface area (Å²) in [5.74, 6) is 0. The van der Waals surface area contributed by atoms with Crippen LogP contribution in [0.15, 0.2) is 36.6 Å². The van der Waals surface area contributed by atoms with Crippen LogP contribution in [0, 0.1) is 31.1 Å². The first-order valence-electron chi connectivity index (χ1n) is 2.82. The molecule has 0 aliphatic rings. The van der Waals surface area contributed by atoms with Crippen molar-refractivity contribution in [3.63, 3.8) is 0 Å². The summed E-state index contributed by atoms with van der Waals surface area (Å²) in [4.78, 5) is 0. The van der Waals surface area contributed by atoms with E-state index in [0.29, 0.717) is 0 Å². The van der Waals surface area contributed by atoms with Crippen molar-refractivity contribution < 1.29 is 31.1 Å². The maximum Gasteiger partial charge on any atom is 0 e. The normalized spacial score (nSPS) is 8.90. The molecule has 0 aromatic carbocycles. The van der Waals surface area contributed by atoms with Gasteiger partial charge in [0.05, 0.1) is 0 Å². The van der Waals surface area contributed by atoms with Gasteiger partial charge >= 0.3 is 0 Å². The molecule has 0 heterocycles. The number of rotatable bonds is 3. The molecule has 0 aliphatic heterocycles. The second-order valence-electron chi connectivity index (χ2n) is 2.13. The molecule has 2 heteroatoms. The van der Waals surface area contributed by atoms with Gasteiger partial charge in [-0.1, -0.05) is 30.4 Å². The maximum absolute atomic E-state index is 6.71. The first-order valence-corrected chi connectivity index (χ1v) is 2.82. The summed E-state index contributed by atoms with van der Waals surface area (Å²) in [7, 11) is 0. The van der Waals surface area contributed by atoms with Crippen molar-refractivity contribution >= 4 is 0 Å². The van der Waals surface area contributed by atoms with Crippen LogP contribution in [0.4, 0.5) is 0 Å². The van der Waals surface area contributed by atoms with Crippen LogP contribution in [0.2, 0.25) is 0 Å². The van der Waals surface area contributed by atoms with Crippen molar-refractivity contribution in [2.24, 2.45) is 0 Å². The molecule has 0 radical (unpaired) electrons. The Morgan fingerprint density at radius 2 is 2.00 bits per heavy atom. The van der Waals surface area contributed by atoms with Gasteiger partial charge in [-0.2, -0.15) is 6.20 Å².